The van der Waals surface area contributed by atoms with Gasteiger partial charge in [-0.2, -0.15) is 10.2 Å². The number of hydrogen-bond donors (Lipinski definition) is 1. The van der Waals surface area contributed by atoms with Gasteiger partial charge < -0.3 is 10.0 Å². The van der Waals surface area contributed by atoms with Gasteiger partial charge in [0.15, 0.2) is 11.6 Å². The number of likely N-dealkylation sites (tertiary alicyclic amines) is 1. The van der Waals surface area contributed by atoms with Crippen molar-refractivity contribution in [1.82, 2.24) is 15.1 Å². The van der Waals surface area contributed by atoms with Gasteiger partial charge in [-0.25, -0.2) is 8.78 Å². The van der Waals surface area contributed by atoms with E-state index in [0.29, 0.717) is 28.9 Å². The normalized spacial score (nSPS) is 20.1. The summed E-state index contributed by atoms with van der Waals surface area (Å²) in [7, 11) is 0. The van der Waals surface area contributed by atoms with Crippen LogP contribution >= 0.6 is 0 Å². The van der Waals surface area contributed by atoms with Crippen LogP contribution < -0.4 is 0 Å². The smallest absolute Gasteiger partial charge is 0.256 e. The van der Waals surface area contributed by atoms with Crippen LogP contribution in [0.1, 0.15) is 46.7 Å². The van der Waals surface area contributed by atoms with Crippen molar-refractivity contribution in [3.05, 3.63) is 58.4 Å². The largest absolute Gasteiger partial charge is 0.391 e. The van der Waals surface area contributed by atoms with Gasteiger partial charge in [0.2, 0.25) is 0 Å². The molecule has 0 bridgehead atoms. The summed E-state index contributed by atoms with van der Waals surface area (Å²) >= 11 is 0. The molecular formula is C18H19F2N3O2. The van der Waals surface area contributed by atoms with Gasteiger partial charge in [-0.15, -0.1) is 0 Å². The number of β-amino-alcohol motifs (C(OH)–C–C–N with tert-alkyl or cyclic N) is 1. The molecule has 132 valence electrons. The Morgan fingerprint density at radius 3 is 2.72 bits per heavy atom. The Hall–Kier alpha value is -2.41. The van der Waals surface area contributed by atoms with E-state index in [1.54, 1.807) is 13.0 Å². The number of nitrogens with zero attached hydrogens (tertiary/aromatic N) is 3. The summed E-state index contributed by atoms with van der Waals surface area (Å²) in [4.78, 5) is 14.5. The molecule has 0 saturated carbocycles. The van der Waals surface area contributed by atoms with E-state index in [1.165, 1.54) is 11.0 Å². The molecule has 1 aromatic carbocycles. The Morgan fingerprint density at radius 2 is 2.04 bits per heavy atom. The van der Waals surface area contributed by atoms with Crippen molar-refractivity contribution in [2.24, 2.45) is 0 Å². The van der Waals surface area contributed by atoms with E-state index in [2.05, 4.69) is 10.2 Å². The standard InChI is InChI=1S/C18H19F2N3O2/c1-3-16-13(6-10(2)21-22-16)18(25)23-9-12(24)8-17(23)11-4-5-14(19)15(20)7-11/h4-7,12,17,24H,3,8-9H2,1-2H3/t12-,17-/m1/s1. The summed E-state index contributed by atoms with van der Waals surface area (Å²) in [6.45, 7) is 3.75. The molecule has 1 aliphatic heterocycles. The number of carbonyl (C=O) groups is 1. The molecule has 5 nitrogen and oxygen atoms in total. The van der Waals surface area contributed by atoms with Crippen LogP contribution in [-0.4, -0.2) is 38.8 Å². The van der Waals surface area contributed by atoms with Crippen LogP contribution in [0.3, 0.4) is 0 Å². The molecule has 0 radical (unpaired) electrons. The summed E-state index contributed by atoms with van der Waals surface area (Å²) in [5.41, 5.74) is 2.07. The lowest BCUT2D eigenvalue weighted by Crippen LogP contribution is -2.33. The third-order valence-electron chi connectivity index (χ3n) is 4.43. The van der Waals surface area contributed by atoms with Crippen LogP contribution in [-0.2, 0) is 6.42 Å². The predicted molar refractivity (Wildman–Crippen MR) is 86.9 cm³/mol. The molecular weight excluding hydrogens is 328 g/mol. The number of aryl methyl sites for hydroxylation is 2. The highest BCUT2D eigenvalue weighted by atomic mass is 19.2. The number of rotatable bonds is 3. The van der Waals surface area contributed by atoms with Crippen molar-refractivity contribution < 1.29 is 18.7 Å². The number of amides is 1. The fourth-order valence-electron chi connectivity index (χ4n) is 3.19. The Morgan fingerprint density at radius 1 is 1.28 bits per heavy atom. The van der Waals surface area contributed by atoms with E-state index >= 15 is 0 Å². The second-order valence-corrected chi connectivity index (χ2v) is 6.24. The van der Waals surface area contributed by atoms with E-state index in [4.69, 9.17) is 0 Å². The zero-order valence-corrected chi connectivity index (χ0v) is 14.0. The Bertz CT molecular complexity index is 813. The molecule has 1 aromatic heterocycles. The lowest BCUT2D eigenvalue weighted by molar-refractivity contribution is 0.0713. The second kappa shape index (κ2) is 6.84. The average molecular weight is 347 g/mol. The molecule has 1 aliphatic rings. The molecule has 2 heterocycles. The minimum absolute atomic E-state index is 0.132. The maximum atomic E-state index is 13.6. The number of carbonyl (C=O) groups excluding carboxylic acids is 1. The summed E-state index contributed by atoms with van der Waals surface area (Å²) in [6, 6.07) is 4.71. The van der Waals surface area contributed by atoms with Crippen LogP contribution in [0.15, 0.2) is 24.3 Å². The number of hydrogen-bond acceptors (Lipinski definition) is 4. The van der Waals surface area contributed by atoms with Crippen molar-refractivity contribution in [3.63, 3.8) is 0 Å². The van der Waals surface area contributed by atoms with Gasteiger partial charge in [0.05, 0.1) is 29.1 Å². The summed E-state index contributed by atoms with van der Waals surface area (Å²) in [6.07, 6.45) is 0.0964. The quantitative estimate of drug-likeness (QED) is 0.927. The lowest BCUT2D eigenvalue weighted by Gasteiger charge is -2.25. The third-order valence-corrected chi connectivity index (χ3v) is 4.43. The summed E-state index contributed by atoms with van der Waals surface area (Å²) in [5, 5.41) is 18.1. The van der Waals surface area contributed by atoms with Crippen LogP contribution in [0.25, 0.3) is 0 Å². The van der Waals surface area contributed by atoms with Gasteiger partial charge >= 0.3 is 0 Å². The maximum Gasteiger partial charge on any atom is 0.256 e. The van der Waals surface area contributed by atoms with Gasteiger partial charge in [-0.1, -0.05) is 13.0 Å². The Balaban J connectivity index is 1.98. The second-order valence-electron chi connectivity index (χ2n) is 6.24. The first-order valence-corrected chi connectivity index (χ1v) is 8.17. The van der Waals surface area contributed by atoms with Crippen LogP contribution in [0.4, 0.5) is 8.78 Å². The number of aromatic nitrogens is 2. The highest BCUT2D eigenvalue weighted by Crippen LogP contribution is 2.34. The molecule has 1 fully saturated rings. The van der Waals surface area contributed by atoms with E-state index < -0.39 is 23.8 Å². The van der Waals surface area contributed by atoms with Crippen molar-refractivity contribution in [3.8, 4) is 0 Å². The number of aliphatic hydroxyl groups excluding tert-OH is 1. The van der Waals surface area contributed by atoms with E-state index in [0.717, 1.165) is 12.1 Å². The third kappa shape index (κ3) is 3.37. The molecule has 25 heavy (non-hydrogen) atoms. The molecule has 2 aromatic rings. The highest BCUT2D eigenvalue weighted by molar-refractivity contribution is 5.95. The molecule has 1 saturated heterocycles. The van der Waals surface area contributed by atoms with E-state index in [-0.39, 0.29) is 18.9 Å². The fraction of sp³-hybridized carbons (Fsp3) is 0.389. The molecule has 0 spiro atoms. The van der Waals surface area contributed by atoms with Crippen molar-refractivity contribution >= 4 is 5.91 Å². The molecule has 7 heteroatoms. The molecule has 1 amide bonds. The molecule has 3 rings (SSSR count). The topological polar surface area (TPSA) is 66.3 Å². The minimum atomic E-state index is -0.970. The molecule has 1 N–H and O–H groups in total. The number of benzene rings is 1. The van der Waals surface area contributed by atoms with Gasteiger partial charge in [-0.05, 0) is 43.5 Å². The first-order valence-electron chi connectivity index (χ1n) is 8.17. The van der Waals surface area contributed by atoms with E-state index in [9.17, 15) is 18.7 Å². The summed E-state index contributed by atoms with van der Waals surface area (Å²) < 4.78 is 26.8. The average Bonchev–Trinajstić information content (AvgIpc) is 2.98. The highest BCUT2D eigenvalue weighted by Gasteiger charge is 2.37. The maximum absolute atomic E-state index is 13.6. The van der Waals surface area contributed by atoms with Crippen molar-refractivity contribution in [2.75, 3.05) is 6.54 Å². The van der Waals surface area contributed by atoms with Crippen molar-refractivity contribution in [1.29, 1.82) is 0 Å². The molecule has 0 unspecified atom stereocenters. The first-order chi connectivity index (χ1) is 11.9. The number of aliphatic hydroxyl groups is 1. The monoisotopic (exact) mass is 347 g/mol. The zero-order valence-electron chi connectivity index (χ0n) is 14.0. The predicted octanol–water partition coefficient (Wildman–Crippen LogP) is 2.57. The van der Waals surface area contributed by atoms with Gasteiger partial charge in [0, 0.05) is 6.54 Å². The van der Waals surface area contributed by atoms with Crippen molar-refractivity contribution in [2.45, 2.75) is 38.8 Å². The Kier molecular flexibility index (Phi) is 4.76. The van der Waals surface area contributed by atoms with Crippen LogP contribution in [0.5, 0.6) is 0 Å². The molecule has 0 aliphatic carbocycles. The van der Waals surface area contributed by atoms with E-state index in [1.807, 2.05) is 6.92 Å². The first kappa shape index (κ1) is 17.4. The molecule has 2 atom stereocenters. The SMILES string of the molecule is CCc1nnc(C)cc1C(=O)N1C[C@H](O)C[C@@H]1c1ccc(F)c(F)c1. The minimum Gasteiger partial charge on any atom is -0.391 e. The van der Waals surface area contributed by atoms with Gasteiger partial charge in [-0.3, -0.25) is 4.79 Å². The fourth-order valence-corrected chi connectivity index (χ4v) is 3.19. The summed E-state index contributed by atoms with van der Waals surface area (Å²) in [5.74, 6) is -2.20. The number of halogens is 2. The van der Waals surface area contributed by atoms with Gasteiger partial charge in [0.1, 0.15) is 0 Å². The van der Waals surface area contributed by atoms with Gasteiger partial charge in [0.25, 0.3) is 5.91 Å². The zero-order chi connectivity index (χ0) is 18.1. The lowest BCUT2D eigenvalue weighted by atomic mass is 10.0. The Labute approximate surface area is 144 Å². The van der Waals surface area contributed by atoms with Crippen LogP contribution in [0, 0.1) is 18.6 Å². The van der Waals surface area contributed by atoms with Crippen LogP contribution in [0.2, 0.25) is 0 Å².